The number of nitrogens with two attached hydrogens (primary N) is 1. The van der Waals surface area contributed by atoms with Crippen molar-refractivity contribution in [3.63, 3.8) is 0 Å². The lowest BCUT2D eigenvalue weighted by molar-refractivity contribution is -0.137. The van der Waals surface area contributed by atoms with Gasteiger partial charge in [0, 0.05) is 11.3 Å². The molecule has 5 nitrogen and oxygen atoms in total. The minimum Gasteiger partial charge on any atom is -0.409 e. The summed E-state index contributed by atoms with van der Waals surface area (Å²) in [6, 6.07) is 3.03. The smallest absolute Gasteiger partial charge is 0.409 e. The van der Waals surface area contributed by atoms with Gasteiger partial charge in [-0.1, -0.05) is 5.16 Å². The van der Waals surface area contributed by atoms with Crippen LogP contribution in [-0.4, -0.2) is 29.0 Å². The van der Waals surface area contributed by atoms with Gasteiger partial charge in [0.15, 0.2) is 5.84 Å². The van der Waals surface area contributed by atoms with Crippen LogP contribution in [0.1, 0.15) is 11.1 Å². The van der Waals surface area contributed by atoms with E-state index < -0.39 is 29.0 Å². The first kappa shape index (κ1) is 16.2. The summed E-state index contributed by atoms with van der Waals surface area (Å²) in [7, 11) is 0. The number of amidine groups is 1. The molecular weight excluding hydrogens is 295 g/mol. The van der Waals surface area contributed by atoms with Crippen LogP contribution < -0.4 is 11.1 Å². The minimum absolute atomic E-state index is 0.00846. The number of amides is 1. The molecular formula is C11H12F3N3O2S. The maximum atomic E-state index is 12.9. The van der Waals surface area contributed by atoms with Crippen molar-refractivity contribution in [3.8, 4) is 0 Å². The van der Waals surface area contributed by atoms with Crippen molar-refractivity contribution in [1.29, 1.82) is 0 Å². The Labute approximate surface area is 117 Å². The maximum absolute atomic E-state index is 12.9. The number of hydrogen-bond donors (Lipinski definition) is 3. The van der Waals surface area contributed by atoms with Gasteiger partial charge in [0.2, 0.25) is 5.91 Å². The molecule has 0 bridgehead atoms. The van der Waals surface area contributed by atoms with Crippen LogP contribution in [0.25, 0.3) is 0 Å². The van der Waals surface area contributed by atoms with E-state index in [2.05, 4.69) is 10.5 Å². The second-order valence-electron chi connectivity index (χ2n) is 3.72. The van der Waals surface area contributed by atoms with Gasteiger partial charge in [-0.05, 0) is 24.5 Å². The topological polar surface area (TPSA) is 87.7 Å². The van der Waals surface area contributed by atoms with E-state index in [-0.39, 0.29) is 11.4 Å². The minimum atomic E-state index is -4.69. The highest BCUT2D eigenvalue weighted by molar-refractivity contribution is 7.99. The van der Waals surface area contributed by atoms with E-state index in [1.807, 2.05) is 0 Å². The Kier molecular flexibility index (Phi) is 5.26. The number of anilines is 1. The Bertz CT molecular complexity index is 532. The normalized spacial score (nSPS) is 12.3. The molecule has 0 saturated carbocycles. The van der Waals surface area contributed by atoms with Crippen molar-refractivity contribution in [2.45, 2.75) is 6.18 Å². The molecule has 0 aliphatic rings. The first-order valence-electron chi connectivity index (χ1n) is 5.27. The summed E-state index contributed by atoms with van der Waals surface area (Å²) >= 11 is 1.24. The molecule has 0 fully saturated rings. The van der Waals surface area contributed by atoms with Crippen LogP contribution in [0.4, 0.5) is 18.9 Å². The standard InChI is InChI=1S/C11H12F3N3O2S/c1-20-5-9(18)16-6-2-3-7(10(15)17-19)8(4-6)11(12,13)14/h2-4,19H,5H2,1H3,(H2,15,17)(H,16,18). The zero-order chi connectivity index (χ0) is 15.3. The van der Waals surface area contributed by atoms with E-state index in [1.165, 1.54) is 17.8 Å². The number of halogens is 3. The lowest BCUT2D eigenvalue weighted by Gasteiger charge is -2.14. The van der Waals surface area contributed by atoms with E-state index in [1.54, 1.807) is 6.26 Å². The van der Waals surface area contributed by atoms with Crippen molar-refractivity contribution >= 4 is 29.2 Å². The number of hydrogen-bond acceptors (Lipinski definition) is 4. The molecule has 0 aliphatic heterocycles. The lowest BCUT2D eigenvalue weighted by Crippen LogP contribution is -2.21. The van der Waals surface area contributed by atoms with Gasteiger partial charge in [-0.2, -0.15) is 24.9 Å². The highest BCUT2D eigenvalue weighted by Gasteiger charge is 2.34. The molecule has 0 radical (unpaired) electrons. The fraction of sp³-hybridized carbons (Fsp3) is 0.273. The second kappa shape index (κ2) is 6.51. The van der Waals surface area contributed by atoms with Crippen molar-refractivity contribution in [3.05, 3.63) is 29.3 Å². The number of alkyl halides is 3. The molecule has 4 N–H and O–H groups in total. The summed E-state index contributed by atoms with van der Waals surface area (Å²) in [5, 5.41) is 13.4. The summed E-state index contributed by atoms with van der Waals surface area (Å²) in [5.74, 6) is -0.940. The van der Waals surface area contributed by atoms with Crippen molar-refractivity contribution in [1.82, 2.24) is 0 Å². The molecule has 0 spiro atoms. The third-order valence-corrected chi connectivity index (χ3v) is 2.82. The van der Waals surface area contributed by atoms with Gasteiger partial charge in [-0.3, -0.25) is 4.79 Å². The first-order valence-corrected chi connectivity index (χ1v) is 6.67. The number of thioether (sulfide) groups is 1. The molecule has 1 rings (SSSR count). The summed E-state index contributed by atoms with van der Waals surface area (Å²) in [6.07, 6.45) is -2.99. The Hall–Kier alpha value is -1.90. The van der Waals surface area contributed by atoms with E-state index in [4.69, 9.17) is 10.9 Å². The van der Waals surface area contributed by atoms with Gasteiger partial charge in [-0.25, -0.2) is 0 Å². The predicted molar refractivity (Wildman–Crippen MR) is 71.0 cm³/mol. The third kappa shape index (κ3) is 4.05. The second-order valence-corrected chi connectivity index (χ2v) is 4.59. The summed E-state index contributed by atoms with van der Waals surface area (Å²) in [4.78, 5) is 11.3. The largest absolute Gasteiger partial charge is 0.417 e. The molecule has 0 heterocycles. The predicted octanol–water partition coefficient (Wildman–Crippen LogP) is 2.10. The Balaban J connectivity index is 3.18. The number of carbonyl (C=O) groups excluding carboxylic acids is 1. The molecule has 1 amide bonds. The number of nitrogens with zero attached hydrogens (tertiary/aromatic N) is 1. The summed E-state index contributed by atoms with van der Waals surface area (Å²) < 4.78 is 38.7. The van der Waals surface area contributed by atoms with Crippen molar-refractivity contribution in [2.24, 2.45) is 10.9 Å². The van der Waals surface area contributed by atoms with Gasteiger partial charge in [-0.15, -0.1) is 0 Å². The zero-order valence-electron chi connectivity index (χ0n) is 10.4. The van der Waals surface area contributed by atoms with E-state index in [0.717, 1.165) is 12.1 Å². The van der Waals surface area contributed by atoms with Crippen LogP contribution in [0.15, 0.2) is 23.4 Å². The van der Waals surface area contributed by atoms with Crippen LogP contribution in [0.5, 0.6) is 0 Å². The average Bonchev–Trinajstić information content (AvgIpc) is 2.37. The van der Waals surface area contributed by atoms with Crippen molar-refractivity contribution < 1.29 is 23.2 Å². The molecule has 20 heavy (non-hydrogen) atoms. The van der Waals surface area contributed by atoms with Crippen LogP contribution >= 0.6 is 11.8 Å². The summed E-state index contributed by atoms with van der Waals surface area (Å²) in [5.41, 5.74) is 3.65. The summed E-state index contributed by atoms with van der Waals surface area (Å²) in [6.45, 7) is 0. The number of rotatable bonds is 4. The molecule has 9 heteroatoms. The monoisotopic (exact) mass is 307 g/mol. The number of nitrogens with one attached hydrogen (secondary N) is 1. The van der Waals surface area contributed by atoms with E-state index in [0.29, 0.717) is 0 Å². The van der Waals surface area contributed by atoms with Gasteiger partial charge in [0.05, 0.1) is 11.3 Å². The Morgan fingerprint density at radius 2 is 2.15 bits per heavy atom. The molecule has 110 valence electrons. The quantitative estimate of drug-likeness (QED) is 0.344. The van der Waals surface area contributed by atoms with Crippen molar-refractivity contribution in [2.75, 3.05) is 17.3 Å². The Morgan fingerprint density at radius 1 is 1.50 bits per heavy atom. The van der Waals surface area contributed by atoms with Gasteiger partial charge in [0.1, 0.15) is 0 Å². The molecule has 1 aromatic carbocycles. The SMILES string of the molecule is CSCC(=O)Nc1ccc(C(N)=NO)c(C(F)(F)F)c1. The number of oxime groups is 1. The molecule has 0 saturated heterocycles. The molecule has 1 aromatic rings. The van der Waals surface area contributed by atoms with Gasteiger partial charge in [0.25, 0.3) is 0 Å². The first-order chi connectivity index (χ1) is 9.29. The van der Waals surface area contributed by atoms with Crippen LogP contribution in [-0.2, 0) is 11.0 Å². The lowest BCUT2D eigenvalue weighted by atomic mass is 10.1. The zero-order valence-corrected chi connectivity index (χ0v) is 11.2. The number of carbonyl (C=O) groups is 1. The molecule has 0 aromatic heterocycles. The Morgan fingerprint density at radius 3 is 2.65 bits per heavy atom. The molecule has 0 atom stereocenters. The van der Waals surface area contributed by atoms with Crippen LogP contribution in [0, 0.1) is 0 Å². The molecule has 0 unspecified atom stereocenters. The van der Waals surface area contributed by atoms with Gasteiger partial charge < -0.3 is 16.3 Å². The highest BCUT2D eigenvalue weighted by Crippen LogP contribution is 2.33. The van der Waals surface area contributed by atoms with Crippen LogP contribution in [0.2, 0.25) is 0 Å². The number of benzene rings is 1. The van der Waals surface area contributed by atoms with E-state index >= 15 is 0 Å². The average molecular weight is 307 g/mol. The highest BCUT2D eigenvalue weighted by atomic mass is 32.2. The fourth-order valence-electron chi connectivity index (χ4n) is 1.46. The van der Waals surface area contributed by atoms with Crippen LogP contribution in [0.3, 0.4) is 0 Å². The molecule has 0 aliphatic carbocycles. The van der Waals surface area contributed by atoms with E-state index in [9.17, 15) is 18.0 Å². The maximum Gasteiger partial charge on any atom is 0.417 e. The van der Waals surface area contributed by atoms with Gasteiger partial charge >= 0.3 is 6.18 Å². The third-order valence-electron chi connectivity index (χ3n) is 2.27. The fourth-order valence-corrected chi connectivity index (χ4v) is 1.80.